The molecular weight excluding hydrogens is 469 g/mol. The monoisotopic (exact) mass is 490 g/mol. The fourth-order valence-corrected chi connectivity index (χ4v) is 2.86. The van der Waals surface area contributed by atoms with Crippen molar-refractivity contribution >= 4 is 41.5 Å². The molecule has 2 aromatic rings. The van der Waals surface area contributed by atoms with Gasteiger partial charge in [-0.2, -0.15) is 5.10 Å². The minimum Gasteiger partial charge on any atom is -0.352 e. The molecule has 3 rings (SSSR count). The Labute approximate surface area is 173 Å². The number of piperazine rings is 1. The highest BCUT2D eigenvalue weighted by molar-refractivity contribution is 14.0. The maximum atomic E-state index is 13.7. The zero-order valence-corrected chi connectivity index (χ0v) is 17.4. The first-order chi connectivity index (χ1) is 12.5. The van der Waals surface area contributed by atoms with E-state index in [1.54, 1.807) is 41.0 Å². The average Bonchev–Trinajstić information content (AvgIpc) is 3.04. The van der Waals surface area contributed by atoms with Crippen molar-refractivity contribution in [3.63, 3.8) is 0 Å². The Morgan fingerprint density at radius 1 is 1.33 bits per heavy atom. The zero-order chi connectivity index (χ0) is 18.7. The number of carbonyl (C=O) groups is 1. The normalized spacial score (nSPS) is 15.0. The van der Waals surface area contributed by atoms with Crippen molar-refractivity contribution in [2.75, 3.05) is 31.6 Å². The van der Waals surface area contributed by atoms with Crippen molar-refractivity contribution in [2.45, 2.75) is 6.54 Å². The molecule has 0 bridgehead atoms. The van der Waals surface area contributed by atoms with E-state index in [0.29, 0.717) is 19.0 Å². The van der Waals surface area contributed by atoms with Crippen LogP contribution in [-0.2, 0) is 18.4 Å². The predicted molar refractivity (Wildman–Crippen MR) is 109 cm³/mol. The van der Waals surface area contributed by atoms with E-state index in [9.17, 15) is 13.6 Å². The van der Waals surface area contributed by atoms with Gasteiger partial charge in [-0.1, -0.05) is 0 Å². The van der Waals surface area contributed by atoms with E-state index < -0.39 is 11.6 Å². The Kier molecular flexibility index (Phi) is 7.11. The quantitative estimate of drug-likeness (QED) is 0.405. The van der Waals surface area contributed by atoms with E-state index in [2.05, 4.69) is 15.4 Å². The first-order valence-electron chi connectivity index (χ1n) is 8.16. The molecule has 2 heterocycles. The van der Waals surface area contributed by atoms with Crippen LogP contribution in [0.3, 0.4) is 0 Å². The highest BCUT2D eigenvalue weighted by atomic mass is 127. The number of hydrogen-bond donors (Lipinski definition) is 1. The number of aryl methyl sites for hydroxylation is 1. The van der Waals surface area contributed by atoms with E-state index in [0.717, 1.165) is 23.9 Å². The summed E-state index contributed by atoms with van der Waals surface area (Å²) in [5.41, 5.74) is 0.952. The van der Waals surface area contributed by atoms with Gasteiger partial charge >= 0.3 is 0 Å². The Balaban J connectivity index is 0.00000261. The fourth-order valence-electron chi connectivity index (χ4n) is 2.86. The number of guanidine groups is 1. The van der Waals surface area contributed by atoms with Gasteiger partial charge in [-0.05, 0) is 18.2 Å². The van der Waals surface area contributed by atoms with Crippen molar-refractivity contribution < 1.29 is 13.6 Å². The maximum absolute atomic E-state index is 13.7. The van der Waals surface area contributed by atoms with Crippen LogP contribution in [0.15, 0.2) is 35.6 Å². The van der Waals surface area contributed by atoms with E-state index in [4.69, 9.17) is 0 Å². The van der Waals surface area contributed by atoms with Gasteiger partial charge in [0, 0.05) is 45.5 Å². The Morgan fingerprint density at radius 2 is 2.11 bits per heavy atom. The number of halogens is 3. The second kappa shape index (κ2) is 9.11. The van der Waals surface area contributed by atoms with E-state index in [1.807, 2.05) is 0 Å². The third-order valence-electron chi connectivity index (χ3n) is 4.18. The van der Waals surface area contributed by atoms with Gasteiger partial charge in [0.25, 0.3) is 0 Å². The molecule has 7 nitrogen and oxygen atoms in total. The molecule has 146 valence electrons. The lowest BCUT2D eigenvalue weighted by Gasteiger charge is -2.35. The van der Waals surface area contributed by atoms with Gasteiger partial charge in [0.15, 0.2) is 5.96 Å². The number of aromatic nitrogens is 2. The summed E-state index contributed by atoms with van der Waals surface area (Å²) >= 11 is 0. The molecule has 0 atom stereocenters. The van der Waals surface area contributed by atoms with Crippen LogP contribution >= 0.6 is 24.0 Å². The molecule has 1 aromatic heterocycles. The van der Waals surface area contributed by atoms with Crippen LogP contribution in [0.1, 0.15) is 5.56 Å². The molecule has 1 saturated heterocycles. The molecule has 1 aromatic carbocycles. The van der Waals surface area contributed by atoms with Crippen molar-refractivity contribution in [1.82, 2.24) is 20.0 Å². The number of amides is 1. The average molecular weight is 490 g/mol. The Bertz CT molecular complexity index is 841. The maximum Gasteiger partial charge on any atom is 0.246 e. The van der Waals surface area contributed by atoms with Crippen LogP contribution in [0.2, 0.25) is 0 Å². The molecule has 1 aliphatic rings. The van der Waals surface area contributed by atoms with Gasteiger partial charge in [-0.3, -0.25) is 14.5 Å². The lowest BCUT2D eigenvalue weighted by atomic mass is 10.2. The highest BCUT2D eigenvalue weighted by Gasteiger charge is 2.27. The van der Waals surface area contributed by atoms with E-state index >= 15 is 0 Å². The fraction of sp³-hybridized carbons (Fsp3) is 0.353. The van der Waals surface area contributed by atoms with Crippen LogP contribution in [0, 0.1) is 11.6 Å². The summed E-state index contributed by atoms with van der Waals surface area (Å²) in [5.74, 6) is -0.609. The zero-order valence-electron chi connectivity index (χ0n) is 15.0. The SMILES string of the molecule is CN=C(NCc1cc(F)ccc1F)N1CCN(c2cnn(C)c2)C(=O)C1.I. The number of rotatable bonds is 3. The molecule has 0 unspecified atom stereocenters. The van der Waals surface area contributed by atoms with Crippen LogP contribution in [0.4, 0.5) is 14.5 Å². The minimum atomic E-state index is -0.501. The molecule has 1 aliphatic heterocycles. The number of nitrogens with zero attached hydrogens (tertiary/aromatic N) is 5. The summed E-state index contributed by atoms with van der Waals surface area (Å²) < 4.78 is 28.7. The van der Waals surface area contributed by atoms with Crippen molar-refractivity contribution in [2.24, 2.45) is 12.0 Å². The number of anilines is 1. The van der Waals surface area contributed by atoms with Gasteiger partial charge in [-0.15, -0.1) is 24.0 Å². The number of carbonyl (C=O) groups excluding carboxylic acids is 1. The standard InChI is InChI=1S/C17H20F2N6O.HI/c1-20-17(21-8-12-7-13(18)3-4-15(12)19)24-5-6-25(16(26)11-24)14-9-22-23(2)10-14;/h3-4,7,9-10H,5-6,8,11H2,1-2H3,(H,20,21);1H. The minimum absolute atomic E-state index is 0. The molecule has 0 radical (unpaired) electrons. The number of aliphatic imine (C=N–C) groups is 1. The topological polar surface area (TPSA) is 65.8 Å². The third-order valence-corrected chi connectivity index (χ3v) is 4.18. The number of benzene rings is 1. The first-order valence-corrected chi connectivity index (χ1v) is 8.16. The highest BCUT2D eigenvalue weighted by Crippen LogP contribution is 2.16. The molecule has 1 fully saturated rings. The van der Waals surface area contributed by atoms with Crippen LogP contribution in [-0.4, -0.2) is 53.2 Å². The Hall–Kier alpha value is -2.24. The molecule has 1 amide bonds. The van der Waals surface area contributed by atoms with Crippen LogP contribution in [0.5, 0.6) is 0 Å². The van der Waals surface area contributed by atoms with Crippen molar-refractivity contribution in [3.05, 3.63) is 47.8 Å². The molecule has 0 saturated carbocycles. The van der Waals surface area contributed by atoms with Gasteiger partial charge in [0.1, 0.15) is 18.2 Å². The van der Waals surface area contributed by atoms with Gasteiger partial charge in [-0.25, -0.2) is 8.78 Å². The van der Waals surface area contributed by atoms with Crippen molar-refractivity contribution in [3.8, 4) is 0 Å². The number of nitrogens with one attached hydrogen (secondary N) is 1. The summed E-state index contributed by atoms with van der Waals surface area (Å²) in [6.07, 6.45) is 3.43. The second-order valence-electron chi connectivity index (χ2n) is 5.98. The summed E-state index contributed by atoms with van der Waals surface area (Å²) in [7, 11) is 3.38. The molecule has 0 spiro atoms. The summed E-state index contributed by atoms with van der Waals surface area (Å²) in [4.78, 5) is 20.1. The second-order valence-corrected chi connectivity index (χ2v) is 5.98. The van der Waals surface area contributed by atoms with Crippen LogP contribution < -0.4 is 10.2 Å². The van der Waals surface area contributed by atoms with Gasteiger partial charge < -0.3 is 15.1 Å². The Morgan fingerprint density at radius 3 is 2.74 bits per heavy atom. The lowest BCUT2D eigenvalue weighted by Crippen LogP contribution is -2.55. The first kappa shape index (κ1) is 21.1. The summed E-state index contributed by atoms with van der Waals surface area (Å²) in [6, 6.07) is 3.30. The van der Waals surface area contributed by atoms with Gasteiger partial charge in [0.2, 0.25) is 5.91 Å². The molecule has 27 heavy (non-hydrogen) atoms. The molecular formula is C17H21F2IN6O. The van der Waals surface area contributed by atoms with Crippen LogP contribution in [0.25, 0.3) is 0 Å². The van der Waals surface area contributed by atoms with Gasteiger partial charge in [0.05, 0.1) is 11.9 Å². The third kappa shape index (κ3) is 4.93. The van der Waals surface area contributed by atoms with Crippen molar-refractivity contribution in [1.29, 1.82) is 0 Å². The number of hydrogen-bond acceptors (Lipinski definition) is 3. The predicted octanol–water partition coefficient (Wildman–Crippen LogP) is 1.74. The molecule has 0 aliphatic carbocycles. The largest absolute Gasteiger partial charge is 0.352 e. The van der Waals surface area contributed by atoms with E-state index in [-0.39, 0.29) is 48.5 Å². The molecule has 1 N–H and O–H groups in total. The summed E-state index contributed by atoms with van der Waals surface area (Å²) in [5, 5.41) is 7.07. The summed E-state index contributed by atoms with van der Waals surface area (Å²) in [6.45, 7) is 1.26. The smallest absolute Gasteiger partial charge is 0.246 e. The lowest BCUT2D eigenvalue weighted by molar-refractivity contribution is -0.120. The van der Waals surface area contributed by atoms with E-state index in [1.165, 1.54) is 0 Å². The molecule has 10 heteroatoms.